The van der Waals surface area contributed by atoms with Gasteiger partial charge in [0.05, 0.1) is 27.9 Å². The predicted octanol–water partition coefficient (Wildman–Crippen LogP) is 2.42. The van der Waals surface area contributed by atoms with E-state index >= 15 is 0 Å². The smallest absolute Gasteiger partial charge is 0.203 e. The molecule has 0 aliphatic carbocycles. The van der Waals surface area contributed by atoms with Gasteiger partial charge in [0.2, 0.25) is 5.75 Å². The summed E-state index contributed by atoms with van der Waals surface area (Å²) in [5.74, 6) is 1.47. The van der Waals surface area contributed by atoms with Gasteiger partial charge >= 0.3 is 0 Å². The molecule has 0 spiro atoms. The molecule has 1 aromatic carbocycles. The lowest BCUT2D eigenvalue weighted by Crippen LogP contribution is -2.04. The first-order valence-electron chi connectivity index (χ1n) is 6.84. The molecule has 120 valence electrons. The largest absolute Gasteiger partial charge is 0.493 e. The molecular weight excluding hydrogens is 296 g/mol. The maximum atomic E-state index is 9.31. The van der Waals surface area contributed by atoms with Gasteiger partial charge in [0.15, 0.2) is 17.2 Å². The number of hydrogen-bond donors (Lipinski definition) is 0. The van der Waals surface area contributed by atoms with Crippen LogP contribution >= 0.6 is 0 Å². The van der Waals surface area contributed by atoms with Crippen LogP contribution in [0.2, 0.25) is 0 Å². The molecule has 0 N–H and O–H groups in total. The summed E-state index contributed by atoms with van der Waals surface area (Å²) in [4.78, 5) is 0. The van der Waals surface area contributed by atoms with Gasteiger partial charge in [-0.05, 0) is 19.1 Å². The number of aromatic nitrogens is 3. The fourth-order valence-electron chi connectivity index (χ4n) is 2.26. The lowest BCUT2D eigenvalue weighted by atomic mass is 10.1. The van der Waals surface area contributed by atoms with E-state index in [1.54, 1.807) is 16.8 Å². The Morgan fingerprint density at radius 1 is 1.22 bits per heavy atom. The average Bonchev–Trinajstić information content (AvgIpc) is 2.95. The molecule has 0 saturated heterocycles. The molecule has 0 radical (unpaired) electrons. The summed E-state index contributed by atoms with van der Waals surface area (Å²) in [7, 11) is 4.61. The summed E-state index contributed by atoms with van der Waals surface area (Å²) in [6.07, 6.45) is 0. The van der Waals surface area contributed by atoms with Crippen molar-refractivity contribution in [2.45, 2.75) is 13.5 Å². The van der Waals surface area contributed by atoms with Crippen molar-refractivity contribution >= 4 is 0 Å². The van der Waals surface area contributed by atoms with E-state index in [-0.39, 0.29) is 5.69 Å². The van der Waals surface area contributed by atoms with Crippen LogP contribution in [-0.2, 0) is 6.54 Å². The zero-order valence-corrected chi connectivity index (χ0v) is 13.6. The Morgan fingerprint density at radius 2 is 1.83 bits per heavy atom. The van der Waals surface area contributed by atoms with E-state index < -0.39 is 0 Å². The van der Waals surface area contributed by atoms with Crippen LogP contribution in [0.1, 0.15) is 12.6 Å². The van der Waals surface area contributed by atoms with Gasteiger partial charge < -0.3 is 14.2 Å². The molecule has 0 bridgehead atoms. The minimum atomic E-state index is 0.223. The van der Waals surface area contributed by atoms with Crippen molar-refractivity contribution in [2.24, 2.45) is 0 Å². The van der Waals surface area contributed by atoms with Gasteiger partial charge in [0.25, 0.3) is 0 Å². The molecule has 0 unspecified atom stereocenters. The standard InChI is InChI=1S/C16H18N4O3/c1-10(2)9-20-15(12(8-17)18-19-20)11-6-13(21-3)16(23-5)14(7-11)22-4/h6-7H,1,9H2,2-5H3. The third-order valence-electron chi connectivity index (χ3n) is 3.20. The Labute approximate surface area is 134 Å². The van der Waals surface area contributed by atoms with Gasteiger partial charge in [-0.1, -0.05) is 17.4 Å². The summed E-state index contributed by atoms with van der Waals surface area (Å²) in [5, 5.41) is 17.2. The Hall–Kier alpha value is -3.01. The molecule has 0 amide bonds. The highest BCUT2D eigenvalue weighted by atomic mass is 16.5. The SMILES string of the molecule is C=C(C)Cn1nnc(C#N)c1-c1cc(OC)c(OC)c(OC)c1. The summed E-state index contributed by atoms with van der Waals surface area (Å²) >= 11 is 0. The van der Waals surface area contributed by atoms with Crippen molar-refractivity contribution in [1.29, 1.82) is 5.26 Å². The highest BCUT2D eigenvalue weighted by Crippen LogP contribution is 2.41. The number of allylic oxidation sites excluding steroid dienone is 1. The summed E-state index contributed by atoms with van der Waals surface area (Å²) in [6, 6.07) is 5.57. The van der Waals surface area contributed by atoms with Crippen LogP contribution in [-0.4, -0.2) is 36.3 Å². The molecule has 0 saturated carbocycles. The van der Waals surface area contributed by atoms with Crippen molar-refractivity contribution in [1.82, 2.24) is 15.0 Å². The molecule has 2 aromatic rings. The highest BCUT2D eigenvalue weighted by Gasteiger charge is 2.20. The highest BCUT2D eigenvalue weighted by molar-refractivity contribution is 5.71. The Balaban J connectivity index is 2.69. The second-order valence-corrected chi connectivity index (χ2v) is 4.93. The van der Waals surface area contributed by atoms with Gasteiger partial charge in [-0.3, -0.25) is 0 Å². The molecule has 0 fully saturated rings. The Morgan fingerprint density at radius 3 is 2.26 bits per heavy atom. The van der Waals surface area contributed by atoms with E-state index in [9.17, 15) is 5.26 Å². The van der Waals surface area contributed by atoms with Crippen LogP contribution in [0.4, 0.5) is 0 Å². The molecular formula is C16H18N4O3. The van der Waals surface area contributed by atoms with Gasteiger partial charge in [-0.2, -0.15) is 5.26 Å². The molecule has 1 aromatic heterocycles. The number of benzene rings is 1. The number of rotatable bonds is 6. The minimum absolute atomic E-state index is 0.223. The van der Waals surface area contributed by atoms with Crippen LogP contribution in [0.15, 0.2) is 24.3 Å². The normalized spacial score (nSPS) is 10.0. The van der Waals surface area contributed by atoms with Crippen molar-refractivity contribution in [3.05, 3.63) is 30.0 Å². The summed E-state index contributed by atoms with van der Waals surface area (Å²) in [6.45, 7) is 6.21. The molecule has 0 aliphatic rings. The third-order valence-corrected chi connectivity index (χ3v) is 3.20. The summed E-state index contributed by atoms with van der Waals surface area (Å²) in [5.41, 5.74) is 2.39. The van der Waals surface area contributed by atoms with Gasteiger partial charge in [0, 0.05) is 5.56 Å². The van der Waals surface area contributed by atoms with E-state index in [2.05, 4.69) is 23.0 Å². The first-order chi connectivity index (χ1) is 11.0. The van der Waals surface area contributed by atoms with Gasteiger partial charge in [0.1, 0.15) is 11.8 Å². The number of methoxy groups -OCH3 is 3. The second kappa shape index (κ2) is 6.83. The van der Waals surface area contributed by atoms with Crippen molar-refractivity contribution < 1.29 is 14.2 Å². The van der Waals surface area contributed by atoms with Crippen LogP contribution in [0.5, 0.6) is 17.2 Å². The first kappa shape index (κ1) is 16.4. The minimum Gasteiger partial charge on any atom is -0.493 e. The Bertz CT molecular complexity index is 749. The van der Waals surface area contributed by atoms with E-state index in [1.165, 1.54) is 21.3 Å². The Kier molecular flexibility index (Phi) is 4.86. The fourth-order valence-corrected chi connectivity index (χ4v) is 2.26. The van der Waals surface area contributed by atoms with Crippen LogP contribution < -0.4 is 14.2 Å². The van der Waals surface area contributed by atoms with Crippen LogP contribution in [0.3, 0.4) is 0 Å². The molecule has 0 atom stereocenters. The number of nitrogens with zero attached hydrogens (tertiary/aromatic N) is 4. The maximum absolute atomic E-state index is 9.31. The summed E-state index contributed by atoms with van der Waals surface area (Å²) < 4.78 is 17.7. The monoisotopic (exact) mass is 314 g/mol. The third kappa shape index (κ3) is 3.11. The van der Waals surface area contributed by atoms with E-state index in [0.29, 0.717) is 35.1 Å². The van der Waals surface area contributed by atoms with E-state index in [1.807, 2.05) is 6.92 Å². The second-order valence-electron chi connectivity index (χ2n) is 4.93. The maximum Gasteiger partial charge on any atom is 0.203 e. The molecule has 0 aliphatic heterocycles. The number of nitriles is 1. The molecule has 23 heavy (non-hydrogen) atoms. The fraction of sp³-hybridized carbons (Fsp3) is 0.312. The zero-order valence-electron chi connectivity index (χ0n) is 13.6. The molecule has 2 rings (SSSR count). The molecule has 7 nitrogen and oxygen atoms in total. The van der Waals surface area contributed by atoms with Crippen molar-refractivity contribution in [3.8, 4) is 34.6 Å². The van der Waals surface area contributed by atoms with Crippen LogP contribution in [0, 0.1) is 11.3 Å². The first-order valence-corrected chi connectivity index (χ1v) is 6.84. The van der Waals surface area contributed by atoms with Crippen molar-refractivity contribution in [3.63, 3.8) is 0 Å². The average molecular weight is 314 g/mol. The lowest BCUT2D eigenvalue weighted by molar-refractivity contribution is 0.324. The zero-order chi connectivity index (χ0) is 17.0. The topological polar surface area (TPSA) is 82.2 Å². The van der Waals surface area contributed by atoms with Crippen molar-refractivity contribution in [2.75, 3.05) is 21.3 Å². The molecule has 1 heterocycles. The van der Waals surface area contributed by atoms with Crippen LogP contribution in [0.25, 0.3) is 11.3 Å². The quantitative estimate of drug-likeness (QED) is 0.762. The van der Waals surface area contributed by atoms with Gasteiger partial charge in [-0.25, -0.2) is 4.68 Å². The van der Waals surface area contributed by atoms with Gasteiger partial charge in [-0.15, -0.1) is 5.10 Å². The number of hydrogen-bond acceptors (Lipinski definition) is 6. The van der Waals surface area contributed by atoms with E-state index in [0.717, 1.165) is 5.57 Å². The lowest BCUT2D eigenvalue weighted by Gasteiger charge is -2.14. The van der Waals surface area contributed by atoms with E-state index in [4.69, 9.17) is 14.2 Å². The predicted molar refractivity (Wildman–Crippen MR) is 84.6 cm³/mol. The molecule has 7 heteroatoms. The number of ether oxygens (including phenoxy) is 3.